The average molecular weight is 344 g/mol. The van der Waals surface area contributed by atoms with E-state index in [1.165, 1.54) is 12.1 Å². The summed E-state index contributed by atoms with van der Waals surface area (Å²) in [6, 6.07) is 25.5. The number of hydrogen-bond donors (Lipinski definition) is 2. The summed E-state index contributed by atoms with van der Waals surface area (Å²) < 4.78 is 30.5. The molecule has 0 spiro atoms. The molecular formula is C18H16O3S2. The first-order chi connectivity index (χ1) is 11.0. The van der Waals surface area contributed by atoms with Crippen LogP contribution in [0.5, 0.6) is 0 Å². The minimum absolute atomic E-state index is 0.0906. The van der Waals surface area contributed by atoms with Crippen LogP contribution >= 0.6 is 12.6 Å². The van der Waals surface area contributed by atoms with Crippen LogP contribution in [-0.4, -0.2) is 13.0 Å². The molecule has 3 aromatic rings. The maximum Gasteiger partial charge on any atom is 0.294 e. The summed E-state index contributed by atoms with van der Waals surface area (Å²) in [6.07, 6.45) is 0. The molecule has 0 radical (unpaired) electrons. The van der Waals surface area contributed by atoms with Gasteiger partial charge in [0.2, 0.25) is 0 Å². The number of benzene rings is 3. The van der Waals surface area contributed by atoms with E-state index in [4.69, 9.17) is 4.55 Å². The molecule has 0 saturated heterocycles. The van der Waals surface area contributed by atoms with E-state index in [0.29, 0.717) is 0 Å². The van der Waals surface area contributed by atoms with Crippen LogP contribution in [0.2, 0.25) is 0 Å². The summed E-state index contributed by atoms with van der Waals surface area (Å²) in [5, 5.41) is 0. The second-order valence-electron chi connectivity index (χ2n) is 4.70. The molecule has 23 heavy (non-hydrogen) atoms. The van der Waals surface area contributed by atoms with Crippen LogP contribution < -0.4 is 0 Å². The molecule has 0 bridgehead atoms. The molecule has 3 rings (SSSR count). The lowest BCUT2D eigenvalue weighted by molar-refractivity contribution is 0.483. The first kappa shape index (κ1) is 17.3. The summed E-state index contributed by atoms with van der Waals surface area (Å²) in [6.45, 7) is 0. The summed E-state index contributed by atoms with van der Waals surface area (Å²) in [7, 11) is -4.10. The Balaban J connectivity index is 0.000000229. The quantitative estimate of drug-likeness (QED) is 0.529. The van der Waals surface area contributed by atoms with Crippen LogP contribution in [0.4, 0.5) is 0 Å². The Bertz CT molecular complexity index is 828. The molecule has 0 aliphatic rings. The second-order valence-corrected chi connectivity index (χ2v) is 6.64. The van der Waals surface area contributed by atoms with Crippen LogP contribution in [0.1, 0.15) is 0 Å². The van der Waals surface area contributed by atoms with E-state index >= 15 is 0 Å². The first-order valence-electron chi connectivity index (χ1n) is 6.84. The Labute approximate surface area is 141 Å². The summed E-state index contributed by atoms with van der Waals surface area (Å²) in [5.41, 5.74) is 1.91. The van der Waals surface area contributed by atoms with Crippen molar-refractivity contribution in [3.8, 4) is 11.1 Å². The van der Waals surface area contributed by atoms with Crippen molar-refractivity contribution in [2.75, 3.05) is 0 Å². The Hall–Kier alpha value is -2.08. The summed E-state index contributed by atoms with van der Waals surface area (Å²) in [5.74, 6) is 0. The third-order valence-electron chi connectivity index (χ3n) is 3.02. The van der Waals surface area contributed by atoms with Gasteiger partial charge in [-0.05, 0) is 35.4 Å². The fourth-order valence-electron chi connectivity index (χ4n) is 1.88. The van der Waals surface area contributed by atoms with Gasteiger partial charge in [0.25, 0.3) is 10.1 Å². The second kappa shape index (κ2) is 7.97. The summed E-state index contributed by atoms with van der Waals surface area (Å²) >= 11 is 4.08. The molecule has 118 valence electrons. The number of thiol groups is 1. The van der Waals surface area contributed by atoms with Gasteiger partial charge in [0.15, 0.2) is 0 Å². The van der Waals surface area contributed by atoms with Gasteiger partial charge in [0.05, 0.1) is 4.90 Å². The third kappa shape index (κ3) is 5.56. The summed E-state index contributed by atoms with van der Waals surface area (Å²) in [4.78, 5) is 0.926. The molecular weight excluding hydrogens is 328 g/mol. The fourth-order valence-corrected chi connectivity index (χ4v) is 2.53. The smallest absolute Gasteiger partial charge is 0.282 e. The Kier molecular flexibility index (Phi) is 5.98. The number of rotatable bonds is 2. The predicted molar refractivity (Wildman–Crippen MR) is 95.4 cm³/mol. The van der Waals surface area contributed by atoms with Crippen molar-refractivity contribution in [1.29, 1.82) is 0 Å². The monoisotopic (exact) mass is 344 g/mol. The largest absolute Gasteiger partial charge is 0.294 e. The molecule has 0 heterocycles. The van der Waals surface area contributed by atoms with Gasteiger partial charge in [-0.3, -0.25) is 4.55 Å². The minimum Gasteiger partial charge on any atom is -0.282 e. The van der Waals surface area contributed by atoms with Crippen molar-refractivity contribution in [3.63, 3.8) is 0 Å². The van der Waals surface area contributed by atoms with Gasteiger partial charge in [-0.25, -0.2) is 0 Å². The lowest BCUT2D eigenvalue weighted by Gasteiger charge is -2.02. The van der Waals surface area contributed by atoms with Gasteiger partial charge in [-0.2, -0.15) is 8.42 Å². The Morgan fingerprint density at radius 2 is 1.09 bits per heavy atom. The van der Waals surface area contributed by atoms with Gasteiger partial charge in [0.1, 0.15) is 0 Å². The van der Waals surface area contributed by atoms with Gasteiger partial charge < -0.3 is 0 Å². The van der Waals surface area contributed by atoms with E-state index < -0.39 is 10.1 Å². The molecule has 0 aliphatic carbocycles. The standard InChI is InChI=1S/C12H10O3S.C6H6S/c13-16(14,15)12-8-6-11(7-9-12)10-4-2-1-3-5-10;7-6-4-2-1-3-5-6/h1-9H,(H,13,14,15);1-5,7H. The molecule has 5 heteroatoms. The highest BCUT2D eigenvalue weighted by Crippen LogP contribution is 2.20. The van der Waals surface area contributed by atoms with Crippen molar-refractivity contribution in [2.45, 2.75) is 9.79 Å². The molecule has 0 amide bonds. The molecule has 0 aromatic heterocycles. The van der Waals surface area contributed by atoms with Crippen molar-refractivity contribution in [2.24, 2.45) is 0 Å². The van der Waals surface area contributed by atoms with Gasteiger partial charge in [-0.1, -0.05) is 60.7 Å². The maximum atomic E-state index is 10.8. The zero-order valence-corrected chi connectivity index (χ0v) is 13.9. The SMILES string of the molecule is O=S(=O)(O)c1ccc(-c2ccccc2)cc1.Sc1ccccc1. The average Bonchev–Trinajstić information content (AvgIpc) is 2.56. The number of hydrogen-bond acceptors (Lipinski definition) is 3. The highest BCUT2D eigenvalue weighted by Gasteiger charge is 2.08. The predicted octanol–water partition coefficient (Wildman–Crippen LogP) is 4.58. The molecule has 0 saturated carbocycles. The van der Waals surface area contributed by atoms with Crippen LogP contribution in [0.25, 0.3) is 11.1 Å². The van der Waals surface area contributed by atoms with Crippen molar-refractivity contribution in [3.05, 3.63) is 84.9 Å². The van der Waals surface area contributed by atoms with Gasteiger partial charge in [0, 0.05) is 4.90 Å². The molecule has 3 nitrogen and oxygen atoms in total. The van der Waals surface area contributed by atoms with Crippen LogP contribution in [-0.2, 0) is 10.1 Å². The normalized spacial score (nSPS) is 10.5. The van der Waals surface area contributed by atoms with E-state index in [1.54, 1.807) is 12.1 Å². The van der Waals surface area contributed by atoms with Gasteiger partial charge in [-0.15, -0.1) is 12.6 Å². The van der Waals surface area contributed by atoms with Crippen LogP contribution in [0.15, 0.2) is 94.7 Å². The maximum absolute atomic E-state index is 10.8. The highest BCUT2D eigenvalue weighted by molar-refractivity contribution is 7.85. The van der Waals surface area contributed by atoms with E-state index in [1.807, 2.05) is 60.7 Å². The van der Waals surface area contributed by atoms with Crippen molar-refractivity contribution >= 4 is 22.7 Å². The van der Waals surface area contributed by atoms with E-state index in [9.17, 15) is 8.42 Å². The molecule has 0 unspecified atom stereocenters. The third-order valence-corrected chi connectivity index (χ3v) is 4.18. The Morgan fingerprint density at radius 3 is 1.48 bits per heavy atom. The molecule has 1 N–H and O–H groups in total. The first-order valence-corrected chi connectivity index (χ1v) is 8.72. The minimum atomic E-state index is -4.10. The molecule has 0 atom stereocenters. The highest BCUT2D eigenvalue weighted by atomic mass is 32.2. The van der Waals surface area contributed by atoms with E-state index in [2.05, 4.69) is 12.6 Å². The van der Waals surface area contributed by atoms with Crippen molar-refractivity contribution in [1.82, 2.24) is 0 Å². The van der Waals surface area contributed by atoms with E-state index in [-0.39, 0.29) is 4.90 Å². The molecule has 3 aromatic carbocycles. The lowest BCUT2D eigenvalue weighted by Crippen LogP contribution is -1.97. The van der Waals surface area contributed by atoms with E-state index in [0.717, 1.165) is 16.0 Å². The Morgan fingerprint density at radius 1 is 0.652 bits per heavy atom. The van der Waals surface area contributed by atoms with Crippen molar-refractivity contribution < 1.29 is 13.0 Å². The molecule has 0 aliphatic heterocycles. The molecule has 0 fully saturated rings. The van der Waals surface area contributed by atoms with Crippen LogP contribution in [0.3, 0.4) is 0 Å². The zero-order chi connectivity index (χ0) is 16.7. The lowest BCUT2D eigenvalue weighted by atomic mass is 10.1. The van der Waals surface area contributed by atoms with Gasteiger partial charge >= 0.3 is 0 Å². The van der Waals surface area contributed by atoms with Crippen LogP contribution in [0, 0.1) is 0 Å². The topological polar surface area (TPSA) is 54.4 Å². The zero-order valence-electron chi connectivity index (χ0n) is 12.2. The fraction of sp³-hybridized carbons (Fsp3) is 0.